The molecule has 0 amide bonds. The van der Waals surface area contributed by atoms with E-state index in [1.807, 2.05) is 23.9 Å². The number of halogens is 1. The number of hydrogen-bond acceptors (Lipinski definition) is 4. The second-order valence-corrected chi connectivity index (χ2v) is 8.68. The topological polar surface area (TPSA) is 48.9 Å². The molecule has 5 nitrogen and oxygen atoms in total. The highest BCUT2D eigenvalue weighted by Gasteiger charge is 2.16. The summed E-state index contributed by atoms with van der Waals surface area (Å²) >= 11 is 1.85. The predicted octanol–water partition coefficient (Wildman–Crippen LogP) is 3.83. The average Bonchev–Trinajstić information content (AvgIpc) is 2.62. The Morgan fingerprint density at radius 3 is 2.41 bits per heavy atom. The Labute approximate surface area is 187 Å². The predicted molar refractivity (Wildman–Crippen MR) is 131 cm³/mol. The lowest BCUT2D eigenvalue weighted by molar-refractivity contribution is 0.281. The van der Waals surface area contributed by atoms with Crippen molar-refractivity contribution in [1.29, 1.82) is 0 Å². The summed E-state index contributed by atoms with van der Waals surface area (Å²) < 4.78 is 5.96. The highest BCUT2D eigenvalue weighted by atomic mass is 127. The second-order valence-electron chi connectivity index (χ2n) is 7.16. The molecular weight excluding hydrogens is 471 g/mol. The third-order valence-electron chi connectivity index (χ3n) is 3.94. The van der Waals surface area contributed by atoms with Gasteiger partial charge in [-0.1, -0.05) is 12.1 Å². The van der Waals surface area contributed by atoms with Gasteiger partial charge in [-0.2, -0.15) is 11.8 Å². The normalized spacial score (nSPS) is 11.9. The van der Waals surface area contributed by atoms with Crippen LogP contribution in [0.2, 0.25) is 0 Å². The van der Waals surface area contributed by atoms with E-state index >= 15 is 0 Å². The van der Waals surface area contributed by atoms with Crippen LogP contribution in [0.5, 0.6) is 5.75 Å². The van der Waals surface area contributed by atoms with Gasteiger partial charge >= 0.3 is 0 Å². The molecule has 0 radical (unpaired) electrons. The van der Waals surface area contributed by atoms with Crippen molar-refractivity contribution in [3.8, 4) is 5.75 Å². The lowest BCUT2D eigenvalue weighted by Crippen LogP contribution is -2.43. The highest BCUT2D eigenvalue weighted by Crippen LogP contribution is 2.19. The molecule has 0 aliphatic rings. The fourth-order valence-corrected chi connectivity index (χ4v) is 2.36. The molecule has 0 unspecified atom stereocenters. The zero-order chi connectivity index (χ0) is 19.4. The quantitative estimate of drug-likeness (QED) is 0.206. The molecule has 1 rings (SSSR count). The Bertz CT molecular complexity index is 535. The molecule has 0 saturated carbocycles. The van der Waals surface area contributed by atoms with E-state index in [4.69, 9.17) is 4.74 Å². The SMILES string of the molecule is CCNC(=NCc1ccc(OCCCN(C)C)cc1)NCC(C)(C)SC.I. The first-order valence-electron chi connectivity index (χ1n) is 9.30. The smallest absolute Gasteiger partial charge is 0.191 e. The van der Waals surface area contributed by atoms with Gasteiger partial charge in [0, 0.05) is 24.4 Å². The highest BCUT2D eigenvalue weighted by molar-refractivity contribution is 14.0. The Hall–Kier alpha value is -0.670. The van der Waals surface area contributed by atoms with Crippen molar-refractivity contribution in [1.82, 2.24) is 15.5 Å². The summed E-state index contributed by atoms with van der Waals surface area (Å²) in [5.41, 5.74) is 1.17. The number of guanidine groups is 1. The number of nitrogens with one attached hydrogen (secondary N) is 2. The lowest BCUT2D eigenvalue weighted by atomic mass is 10.2. The Morgan fingerprint density at radius 2 is 1.85 bits per heavy atom. The largest absolute Gasteiger partial charge is 0.494 e. The van der Waals surface area contributed by atoms with Crippen LogP contribution in [-0.4, -0.2) is 62.2 Å². The monoisotopic (exact) mass is 508 g/mol. The fourth-order valence-electron chi connectivity index (χ4n) is 2.14. The van der Waals surface area contributed by atoms with E-state index in [2.05, 4.69) is 73.8 Å². The number of nitrogens with zero attached hydrogens (tertiary/aromatic N) is 2. The van der Waals surface area contributed by atoms with Crippen LogP contribution in [-0.2, 0) is 6.54 Å². The van der Waals surface area contributed by atoms with Gasteiger partial charge in [0.05, 0.1) is 13.2 Å². The van der Waals surface area contributed by atoms with Crippen molar-refractivity contribution in [2.45, 2.75) is 38.5 Å². The first kappa shape index (κ1) is 26.3. The number of rotatable bonds is 11. The molecule has 0 fully saturated rings. The van der Waals surface area contributed by atoms with Crippen molar-refractivity contribution in [3.05, 3.63) is 29.8 Å². The van der Waals surface area contributed by atoms with Crippen LogP contribution in [0.3, 0.4) is 0 Å². The third-order valence-corrected chi connectivity index (χ3v) is 5.19. The van der Waals surface area contributed by atoms with E-state index in [9.17, 15) is 0 Å². The molecule has 0 aliphatic heterocycles. The Morgan fingerprint density at radius 1 is 1.19 bits per heavy atom. The van der Waals surface area contributed by atoms with Gasteiger partial charge in [0.15, 0.2) is 5.96 Å². The van der Waals surface area contributed by atoms with Crippen molar-refractivity contribution in [2.75, 3.05) is 46.6 Å². The summed E-state index contributed by atoms with van der Waals surface area (Å²) in [6, 6.07) is 8.22. The molecule has 2 N–H and O–H groups in total. The number of ether oxygens (including phenoxy) is 1. The summed E-state index contributed by atoms with van der Waals surface area (Å²) in [6.45, 7) is 10.7. The second kappa shape index (κ2) is 14.3. The molecule has 0 saturated heterocycles. The standard InChI is InChI=1S/C20H36N4OS.HI/c1-7-21-19(23-16-20(2,3)26-6)22-15-17-9-11-18(12-10-17)25-14-8-13-24(4)5;/h9-12H,7-8,13-16H2,1-6H3,(H2,21,22,23);1H. The van der Waals surface area contributed by atoms with Gasteiger partial charge in [0.1, 0.15) is 5.75 Å². The van der Waals surface area contributed by atoms with Gasteiger partial charge in [0.2, 0.25) is 0 Å². The van der Waals surface area contributed by atoms with Crippen LogP contribution in [0.25, 0.3) is 0 Å². The minimum absolute atomic E-state index is 0. The van der Waals surface area contributed by atoms with E-state index < -0.39 is 0 Å². The van der Waals surface area contributed by atoms with E-state index in [1.54, 1.807) is 0 Å². The van der Waals surface area contributed by atoms with Crippen LogP contribution >= 0.6 is 35.7 Å². The molecule has 1 aromatic carbocycles. The summed E-state index contributed by atoms with van der Waals surface area (Å²) in [6.07, 6.45) is 3.17. The summed E-state index contributed by atoms with van der Waals surface area (Å²) in [7, 11) is 4.15. The zero-order valence-electron chi connectivity index (χ0n) is 17.7. The van der Waals surface area contributed by atoms with Crippen LogP contribution in [0.4, 0.5) is 0 Å². The van der Waals surface area contributed by atoms with Crippen molar-refractivity contribution < 1.29 is 4.74 Å². The number of thioether (sulfide) groups is 1. The van der Waals surface area contributed by atoms with Crippen molar-refractivity contribution >= 4 is 41.7 Å². The van der Waals surface area contributed by atoms with Gasteiger partial charge in [0.25, 0.3) is 0 Å². The van der Waals surface area contributed by atoms with Gasteiger partial charge in [-0.05, 0) is 65.2 Å². The molecule has 0 bridgehead atoms. The summed E-state index contributed by atoms with van der Waals surface area (Å²) in [5.74, 6) is 1.78. The van der Waals surface area contributed by atoms with Crippen LogP contribution < -0.4 is 15.4 Å². The fraction of sp³-hybridized carbons (Fsp3) is 0.650. The number of aliphatic imine (C=N–C) groups is 1. The maximum atomic E-state index is 5.77. The zero-order valence-corrected chi connectivity index (χ0v) is 20.8. The minimum atomic E-state index is 0. The lowest BCUT2D eigenvalue weighted by Gasteiger charge is -2.23. The number of hydrogen-bond donors (Lipinski definition) is 2. The molecule has 0 atom stereocenters. The first-order chi connectivity index (χ1) is 12.4. The molecule has 1 aromatic rings. The number of benzene rings is 1. The molecule has 156 valence electrons. The molecule has 0 spiro atoms. The average molecular weight is 509 g/mol. The summed E-state index contributed by atoms with van der Waals surface area (Å²) in [5, 5.41) is 6.73. The molecule has 0 aromatic heterocycles. The molecule has 27 heavy (non-hydrogen) atoms. The maximum absolute atomic E-state index is 5.77. The molecule has 7 heteroatoms. The minimum Gasteiger partial charge on any atom is -0.494 e. The van der Waals surface area contributed by atoms with E-state index in [0.29, 0.717) is 6.54 Å². The molecule has 0 aliphatic carbocycles. The van der Waals surface area contributed by atoms with Crippen molar-refractivity contribution in [3.63, 3.8) is 0 Å². The van der Waals surface area contributed by atoms with Crippen LogP contribution in [0.15, 0.2) is 29.3 Å². The molecule has 0 heterocycles. The van der Waals surface area contributed by atoms with Gasteiger partial charge in [-0.25, -0.2) is 4.99 Å². The van der Waals surface area contributed by atoms with Gasteiger partial charge < -0.3 is 20.3 Å². The van der Waals surface area contributed by atoms with Gasteiger partial charge in [-0.3, -0.25) is 0 Å². The first-order valence-corrected chi connectivity index (χ1v) is 10.5. The third kappa shape index (κ3) is 12.4. The van der Waals surface area contributed by atoms with Crippen LogP contribution in [0.1, 0.15) is 32.8 Å². The molecular formula is C20H37IN4OS. The van der Waals surface area contributed by atoms with Crippen molar-refractivity contribution in [2.24, 2.45) is 4.99 Å². The van der Waals surface area contributed by atoms with Crippen LogP contribution in [0, 0.1) is 0 Å². The Balaban J connectivity index is 0.00000676. The van der Waals surface area contributed by atoms with E-state index in [0.717, 1.165) is 44.4 Å². The van der Waals surface area contributed by atoms with Gasteiger partial charge in [-0.15, -0.1) is 24.0 Å². The van der Waals surface area contributed by atoms with E-state index in [1.165, 1.54) is 5.56 Å². The Kier molecular flexibility index (Phi) is 14.0. The maximum Gasteiger partial charge on any atom is 0.191 e. The van der Waals surface area contributed by atoms with E-state index in [-0.39, 0.29) is 28.7 Å². The summed E-state index contributed by atoms with van der Waals surface area (Å²) in [4.78, 5) is 6.85.